The molecule has 154 valence electrons. The van der Waals surface area contributed by atoms with Crippen LogP contribution in [0.25, 0.3) is 0 Å². The lowest BCUT2D eigenvalue weighted by Gasteiger charge is -2.29. The minimum atomic E-state index is 0. The second kappa shape index (κ2) is 12.2. The van der Waals surface area contributed by atoms with Crippen LogP contribution in [0.5, 0.6) is 0 Å². The van der Waals surface area contributed by atoms with Gasteiger partial charge in [0.1, 0.15) is 0 Å². The lowest BCUT2D eigenvalue weighted by atomic mass is 10.1. The summed E-state index contributed by atoms with van der Waals surface area (Å²) < 4.78 is 0. The lowest BCUT2D eigenvalue weighted by molar-refractivity contribution is 0.198. The first-order valence-corrected chi connectivity index (χ1v) is 11.3. The Bertz CT molecular complexity index is 570. The van der Waals surface area contributed by atoms with Gasteiger partial charge in [-0.3, -0.25) is 4.99 Å². The zero-order chi connectivity index (χ0) is 18.2. The van der Waals surface area contributed by atoms with E-state index in [0.29, 0.717) is 0 Å². The fourth-order valence-corrected chi connectivity index (χ4v) is 4.84. The fraction of sp³-hybridized carbons (Fsp3) is 0.800. The number of piperidine rings is 1. The van der Waals surface area contributed by atoms with Crippen LogP contribution in [0.3, 0.4) is 0 Å². The molecule has 0 saturated carbocycles. The van der Waals surface area contributed by atoms with Gasteiger partial charge >= 0.3 is 0 Å². The van der Waals surface area contributed by atoms with Gasteiger partial charge in [-0.05, 0) is 51.6 Å². The molecule has 0 amide bonds. The summed E-state index contributed by atoms with van der Waals surface area (Å²) in [5, 5.41) is 4.71. The van der Waals surface area contributed by atoms with Crippen molar-refractivity contribution in [3.8, 4) is 0 Å². The Balaban J connectivity index is 0.00000261. The molecule has 1 unspecified atom stereocenters. The molecular weight excluding hydrogens is 469 g/mol. The summed E-state index contributed by atoms with van der Waals surface area (Å²) in [6, 6.07) is 0. The Hall–Kier alpha value is -0.410. The number of aliphatic imine (C=N–C) groups is 1. The zero-order valence-electron chi connectivity index (χ0n) is 17.0. The van der Waals surface area contributed by atoms with Crippen LogP contribution in [0.4, 0.5) is 0 Å². The fourth-order valence-electron chi connectivity index (χ4n) is 3.99. The van der Waals surface area contributed by atoms with Crippen molar-refractivity contribution in [1.82, 2.24) is 20.1 Å². The molecule has 27 heavy (non-hydrogen) atoms. The van der Waals surface area contributed by atoms with Crippen molar-refractivity contribution < 1.29 is 0 Å². The molecule has 3 heterocycles. The van der Waals surface area contributed by atoms with Crippen molar-refractivity contribution in [3.05, 3.63) is 16.1 Å². The molecule has 7 heteroatoms. The third-order valence-corrected chi connectivity index (χ3v) is 6.62. The molecular formula is C20H36IN5S. The summed E-state index contributed by atoms with van der Waals surface area (Å²) in [7, 11) is 0. The topological polar surface area (TPSA) is 43.8 Å². The van der Waals surface area contributed by atoms with E-state index >= 15 is 0 Å². The molecule has 2 aliphatic rings. The molecule has 2 fully saturated rings. The standard InChI is InChI=1S/C20H35N5S.HI/c1-3-18-14-23-19(26-18)8-10-22-20(21-4-2)25-13-9-17(16-25)15-24-11-6-5-7-12-24;/h14,17H,3-13,15-16H2,1-2H3,(H,21,22);1H. The highest BCUT2D eigenvalue weighted by Gasteiger charge is 2.26. The Morgan fingerprint density at radius 1 is 1.26 bits per heavy atom. The predicted octanol–water partition coefficient (Wildman–Crippen LogP) is 3.64. The highest BCUT2D eigenvalue weighted by atomic mass is 127. The van der Waals surface area contributed by atoms with Gasteiger partial charge in [0.15, 0.2) is 5.96 Å². The maximum atomic E-state index is 4.89. The van der Waals surface area contributed by atoms with Gasteiger partial charge in [-0.25, -0.2) is 4.98 Å². The highest BCUT2D eigenvalue weighted by molar-refractivity contribution is 14.0. The Morgan fingerprint density at radius 3 is 2.78 bits per heavy atom. The van der Waals surface area contributed by atoms with E-state index in [1.165, 1.54) is 55.2 Å². The van der Waals surface area contributed by atoms with Gasteiger partial charge in [0, 0.05) is 50.2 Å². The Morgan fingerprint density at radius 2 is 2.07 bits per heavy atom. The van der Waals surface area contributed by atoms with Crippen molar-refractivity contribution in [2.75, 3.05) is 45.8 Å². The molecule has 1 aromatic rings. The van der Waals surface area contributed by atoms with Gasteiger partial charge in [0.2, 0.25) is 0 Å². The summed E-state index contributed by atoms with van der Waals surface area (Å²) in [5.41, 5.74) is 0. The number of thiazole rings is 1. The van der Waals surface area contributed by atoms with Crippen LogP contribution in [0.1, 0.15) is 49.4 Å². The summed E-state index contributed by atoms with van der Waals surface area (Å²) in [6.45, 7) is 12.3. The number of hydrogen-bond acceptors (Lipinski definition) is 4. The summed E-state index contributed by atoms with van der Waals surface area (Å²) in [4.78, 5) is 15.9. The van der Waals surface area contributed by atoms with Crippen molar-refractivity contribution in [3.63, 3.8) is 0 Å². The molecule has 1 atom stereocenters. The first-order valence-electron chi connectivity index (χ1n) is 10.5. The van der Waals surface area contributed by atoms with E-state index in [4.69, 9.17) is 4.99 Å². The number of rotatable bonds is 7. The number of nitrogens with zero attached hydrogens (tertiary/aromatic N) is 4. The monoisotopic (exact) mass is 505 g/mol. The van der Waals surface area contributed by atoms with Gasteiger partial charge in [0.25, 0.3) is 0 Å². The molecule has 5 nitrogen and oxygen atoms in total. The predicted molar refractivity (Wildman–Crippen MR) is 127 cm³/mol. The SMILES string of the molecule is CCNC(=NCCc1ncc(CC)s1)N1CCC(CN2CCCCC2)C1.I. The summed E-state index contributed by atoms with van der Waals surface area (Å²) >= 11 is 1.83. The number of halogens is 1. The summed E-state index contributed by atoms with van der Waals surface area (Å²) in [6.07, 6.45) is 9.53. The molecule has 0 aromatic carbocycles. The molecule has 3 rings (SSSR count). The van der Waals surface area contributed by atoms with Crippen molar-refractivity contribution in [2.45, 2.75) is 52.4 Å². The van der Waals surface area contributed by atoms with Crippen LogP contribution in [-0.4, -0.2) is 66.6 Å². The highest BCUT2D eigenvalue weighted by Crippen LogP contribution is 2.20. The van der Waals surface area contributed by atoms with E-state index < -0.39 is 0 Å². The number of likely N-dealkylation sites (tertiary alicyclic amines) is 2. The van der Waals surface area contributed by atoms with Gasteiger partial charge in [0.05, 0.1) is 5.01 Å². The number of guanidine groups is 1. The first kappa shape index (κ1) is 22.9. The molecule has 2 aliphatic heterocycles. The smallest absolute Gasteiger partial charge is 0.193 e. The number of aromatic nitrogens is 1. The normalized spacial score (nSPS) is 21.3. The molecule has 0 bridgehead atoms. The zero-order valence-corrected chi connectivity index (χ0v) is 20.1. The quantitative estimate of drug-likeness (QED) is 0.349. The number of aryl methyl sites for hydroxylation is 1. The minimum Gasteiger partial charge on any atom is -0.357 e. The molecule has 1 aromatic heterocycles. The third-order valence-electron chi connectivity index (χ3n) is 5.42. The first-order chi connectivity index (χ1) is 12.8. The third kappa shape index (κ3) is 7.16. The summed E-state index contributed by atoms with van der Waals surface area (Å²) in [5.74, 6) is 1.89. The number of hydrogen-bond donors (Lipinski definition) is 1. The lowest BCUT2D eigenvalue weighted by Crippen LogP contribution is -2.41. The van der Waals surface area contributed by atoms with Crippen LogP contribution in [0.2, 0.25) is 0 Å². The van der Waals surface area contributed by atoms with Crippen molar-refractivity contribution in [2.24, 2.45) is 10.9 Å². The van der Waals surface area contributed by atoms with E-state index in [9.17, 15) is 0 Å². The molecule has 0 aliphatic carbocycles. The molecule has 0 radical (unpaired) electrons. The Labute approximate surface area is 186 Å². The van der Waals surface area contributed by atoms with Crippen molar-refractivity contribution in [1.29, 1.82) is 0 Å². The van der Waals surface area contributed by atoms with Gasteiger partial charge in [-0.15, -0.1) is 35.3 Å². The second-order valence-corrected chi connectivity index (χ2v) is 8.72. The molecule has 0 spiro atoms. The van der Waals surface area contributed by atoms with Crippen LogP contribution >= 0.6 is 35.3 Å². The molecule has 1 N–H and O–H groups in total. The molecule has 2 saturated heterocycles. The van der Waals surface area contributed by atoms with Crippen LogP contribution in [0.15, 0.2) is 11.2 Å². The van der Waals surface area contributed by atoms with Crippen LogP contribution < -0.4 is 5.32 Å². The maximum absolute atomic E-state index is 4.89. The van der Waals surface area contributed by atoms with Crippen molar-refractivity contribution >= 4 is 41.3 Å². The van der Waals surface area contributed by atoms with Crippen LogP contribution in [0, 0.1) is 5.92 Å². The van der Waals surface area contributed by atoms with Gasteiger partial charge in [-0.1, -0.05) is 13.3 Å². The number of nitrogens with one attached hydrogen (secondary N) is 1. The van der Waals surface area contributed by atoms with E-state index in [1.54, 1.807) is 0 Å². The van der Waals surface area contributed by atoms with E-state index in [0.717, 1.165) is 50.9 Å². The average molecular weight is 506 g/mol. The van der Waals surface area contributed by atoms with Gasteiger partial charge < -0.3 is 15.1 Å². The van der Waals surface area contributed by atoms with Crippen LogP contribution in [-0.2, 0) is 12.8 Å². The minimum absolute atomic E-state index is 0. The van der Waals surface area contributed by atoms with Gasteiger partial charge in [-0.2, -0.15) is 0 Å². The van der Waals surface area contributed by atoms with E-state index in [-0.39, 0.29) is 24.0 Å². The second-order valence-electron chi connectivity index (χ2n) is 7.52. The maximum Gasteiger partial charge on any atom is 0.193 e. The average Bonchev–Trinajstić information content (AvgIpc) is 3.31. The van der Waals surface area contributed by atoms with E-state index in [1.807, 2.05) is 17.5 Å². The van der Waals surface area contributed by atoms with E-state index in [2.05, 4.69) is 33.9 Å². The largest absolute Gasteiger partial charge is 0.357 e. The Kier molecular flexibility index (Phi) is 10.3.